The Morgan fingerprint density at radius 3 is 3.00 bits per heavy atom. The molecule has 0 aliphatic carbocycles. The van der Waals surface area contributed by atoms with Gasteiger partial charge in [0.25, 0.3) is 5.91 Å². The lowest BCUT2D eigenvalue weighted by Crippen LogP contribution is -2.26. The van der Waals surface area contributed by atoms with E-state index < -0.39 is 23.8 Å². The van der Waals surface area contributed by atoms with Gasteiger partial charge in [-0.05, 0) is 25.1 Å². The van der Waals surface area contributed by atoms with Crippen molar-refractivity contribution in [1.29, 1.82) is 0 Å². The molecule has 10 nitrogen and oxygen atoms in total. The maximum absolute atomic E-state index is 13.8. The number of pyridine rings is 2. The average molecular weight is 430 g/mol. The Labute approximate surface area is 174 Å². The molecule has 160 valence electrons. The second-order valence-corrected chi connectivity index (χ2v) is 6.74. The molecule has 0 radical (unpaired) electrons. The zero-order valence-corrected chi connectivity index (χ0v) is 16.4. The van der Waals surface area contributed by atoms with Crippen LogP contribution in [0.15, 0.2) is 24.4 Å². The molecule has 1 amide bonds. The molecule has 1 aliphatic rings. The normalized spacial score (nSPS) is 13.7. The largest absolute Gasteiger partial charge is 0.466 e. The second kappa shape index (κ2) is 8.05. The number of esters is 1. The van der Waals surface area contributed by atoms with Crippen LogP contribution in [0.3, 0.4) is 0 Å². The number of anilines is 1. The number of hydrogen-bond acceptors (Lipinski definition) is 8. The van der Waals surface area contributed by atoms with E-state index in [0.717, 1.165) is 12.3 Å². The fourth-order valence-corrected chi connectivity index (χ4v) is 3.03. The third kappa shape index (κ3) is 4.17. The SMILES string of the molecule is C[C@@H](OC(=O)Cc1c(-c2ccc3c(n2)OCC(=O)N3)nnn1C)c1cc(F)cnc1F. The number of carbonyl (C=O) groups excluding carboxylic acids is 2. The number of aromatic nitrogens is 5. The van der Waals surface area contributed by atoms with Crippen LogP contribution >= 0.6 is 0 Å². The number of ether oxygens (including phenoxy) is 2. The van der Waals surface area contributed by atoms with Gasteiger partial charge in [-0.25, -0.2) is 14.4 Å². The molecule has 0 bridgehead atoms. The van der Waals surface area contributed by atoms with E-state index in [1.54, 1.807) is 19.2 Å². The van der Waals surface area contributed by atoms with Crippen LogP contribution < -0.4 is 10.1 Å². The van der Waals surface area contributed by atoms with Gasteiger partial charge in [0, 0.05) is 7.05 Å². The third-order valence-electron chi connectivity index (χ3n) is 4.55. The van der Waals surface area contributed by atoms with E-state index >= 15 is 0 Å². The van der Waals surface area contributed by atoms with Gasteiger partial charge in [-0.3, -0.25) is 14.3 Å². The summed E-state index contributed by atoms with van der Waals surface area (Å²) in [7, 11) is 1.59. The minimum absolute atomic E-state index is 0.160. The highest BCUT2D eigenvalue weighted by Crippen LogP contribution is 2.30. The molecule has 0 saturated heterocycles. The van der Waals surface area contributed by atoms with Gasteiger partial charge in [-0.1, -0.05) is 5.21 Å². The summed E-state index contributed by atoms with van der Waals surface area (Å²) in [6.45, 7) is 1.25. The van der Waals surface area contributed by atoms with E-state index in [2.05, 4.69) is 25.6 Å². The number of nitrogens with one attached hydrogen (secondary N) is 1. The molecule has 0 saturated carbocycles. The summed E-state index contributed by atoms with van der Waals surface area (Å²) in [5.41, 5.74) is 1.33. The summed E-state index contributed by atoms with van der Waals surface area (Å²) in [6.07, 6.45) is -0.565. The Bertz CT molecular complexity index is 1180. The Balaban J connectivity index is 1.54. The Hall–Kier alpha value is -3.96. The molecule has 1 N–H and O–H groups in total. The summed E-state index contributed by atoms with van der Waals surface area (Å²) < 4.78 is 39.1. The van der Waals surface area contributed by atoms with E-state index in [1.165, 1.54) is 11.6 Å². The highest BCUT2D eigenvalue weighted by molar-refractivity contribution is 5.95. The second-order valence-electron chi connectivity index (χ2n) is 6.74. The number of carbonyl (C=O) groups is 2. The van der Waals surface area contributed by atoms with Gasteiger partial charge in [0.1, 0.15) is 23.3 Å². The first kappa shape index (κ1) is 20.3. The van der Waals surface area contributed by atoms with Crippen molar-refractivity contribution in [3.8, 4) is 17.3 Å². The van der Waals surface area contributed by atoms with Gasteiger partial charge in [0.2, 0.25) is 11.8 Å². The number of hydrogen-bond donors (Lipinski definition) is 1. The maximum atomic E-state index is 13.8. The van der Waals surface area contributed by atoms with Gasteiger partial charge in [0.15, 0.2) is 6.61 Å². The van der Waals surface area contributed by atoms with Crippen molar-refractivity contribution in [2.75, 3.05) is 11.9 Å². The molecule has 0 fully saturated rings. The molecule has 1 atom stereocenters. The van der Waals surface area contributed by atoms with Gasteiger partial charge in [0.05, 0.1) is 29.6 Å². The van der Waals surface area contributed by atoms with E-state index in [9.17, 15) is 18.4 Å². The van der Waals surface area contributed by atoms with Crippen LogP contribution in [-0.4, -0.2) is 43.4 Å². The minimum Gasteiger partial charge on any atom is -0.466 e. The van der Waals surface area contributed by atoms with Crippen molar-refractivity contribution in [1.82, 2.24) is 25.0 Å². The Morgan fingerprint density at radius 2 is 2.19 bits per heavy atom. The predicted molar refractivity (Wildman–Crippen MR) is 101 cm³/mol. The monoisotopic (exact) mass is 430 g/mol. The van der Waals surface area contributed by atoms with Crippen molar-refractivity contribution in [3.05, 3.63) is 47.4 Å². The van der Waals surface area contributed by atoms with Crippen LogP contribution in [0, 0.1) is 11.8 Å². The zero-order valence-electron chi connectivity index (χ0n) is 16.4. The molecule has 12 heteroatoms. The van der Waals surface area contributed by atoms with Crippen molar-refractivity contribution in [3.63, 3.8) is 0 Å². The molecule has 0 spiro atoms. The molecular weight excluding hydrogens is 414 g/mol. The topological polar surface area (TPSA) is 121 Å². The van der Waals surface area contributed by atoms with E-state index in [1.807, 2.05) is 0 Å². The van der Waals surface area contributed by atoms with Gasteiger partial charge >= 0.3 is 5.97 Å². The lowest BCUT2D eigenvalue weighted by molar-refractivity contribution is -0.148. The predicted octanol–water partition coefficient (Wildman–Crippen LogP) is 1.73. The number of nitrogens with zero attached hydrogens (tertiary/aromatic N) is 5. The maximum Gasteiger partial charge on any atom is 0.312 e. The number of rotatable bonds is 5. The van der Waals surface area contributed by atoms with Crippen molar-refractivity contribution in [2.45, 2.75) is 19.4 Å². The Morgan fingerprint density at radius 1 is 1.39 bits per heavy atom. The van der Waals surface area contributed by atoms with Gasteiger partial charge in [-0.2, -0.15) is 4.39 Å². The molecule has 0 aromatic carbocycles. The minimum atomic E-state index is -1.06. The molecular formula is C19H16F2N6O4. The smallest absolute Gasteiger partial charge is 0.312 e. The summed E-state index contributed by atoms with van der Waals surface area (Å²) in [5.74, 6) is -2.43. The molecule has 3 aromatic rings. The van der Waals surface area contributed by atoms with Crippen LogP contribution in [0.25, 0.3) is 11.4 Å². The number of aryl methyl sites for hydroxylation is 1. The van der Waals surface area contributed by atoms with Crippen LogP contribution in [0.1, 0.15) is 24.3 Å². The summed E-state index contributed by atoms with van der Waals surface area (Å²) >= 11 is 0. The first-order valence-corrected chi connectivity index (χ1v) is 9.15. The summed E-state index contributed by atoms with van der Waals surface area (Å²) in [6, 6.07) is 4.13. The average Bonchev–Trinajstić information content (AvgIpc) is 3.09. The van der Waals surface area contributed by atoms with Crippen LogP contribution in [0.5, 0.6) is 5.88 Å². The van der Waals surface area contributed by atoms with Crippen molar-refractivity contribution < 1.29 is 27.8 Å². The number of amides is 1. The zero-order chi connectivity index (χ0) is 22.1. The summed E-state index contributed by atoms with van der Waals surface area (Å²) in [4.78, 5) is 31.5. The fraction of sp³-hybridized carbons (Fsp3) is 0.263. The van der Waals surface area contributed by atoms with E-state index in [-0.39, 0.29) is 30.4 Å². The van der Waals surface area contributed by atoms with Crippen LogP contribution in [0.2, 0.25) is 0 Å². The van der Waals surface area contributed by atoms with Crippen molar-refractivity contribution in [2.24, 2.45) is 7.05 Å². The first-order valence-electron chi connectivity index (χ1n) is 9.15. The molecule has 4 rings (SSSR count). The van der Waals surface area contributed by atoms with E-state index in [4.69, 9.17) is 9.47 Å². The molecule has 3 aromatic heterocycles. The number of fused-ring (bicyclic) bond motifs is 1. The standard InChI is InChI=1S/C19H16F2N6O4/c1-9(11-5-10(20)7-22-18(11)21)31-16(29)6-14-17(25-26-27(14)2)12-3-4-13-19(24-12)30-8-15(28)23-13/h3-5,7,9H,6,8H2,1-2H3,(H,23,28)/t9-/m1/s1. The van der Waals surface area contributed by atoms with Gasteiger partial charge < -0.3 is 14.8 Å². The Kier molecular flexibility index (Phi) is 5.28. The lowest BCUT2D eigenvalue weighted by atomic mass is 10.1. The fourth-order valence-electron chi connectivity index (χ4n) is 3.03. The van der Waals surface area contributed by atoms with Crippen molar-refractivity contribution >= 4 is 17.6 Å². The first-order chi connectivity index (χ1) is 14.8. The molecule has 0 unspecified atom stereocenters. The quantitative estimate of drug-likeness (QED) is 0.480. The highest BCUT2D eigenvalue weighted by atomic mass is 19.1. The van der Waals surface area contributed by atoms with Crippen LogP contribution in [0.4, 0.5) is 14.5 Å². The third-order valence-corrected chi connectivity index (χ3v) is 4.55. The summed E-state index contributed by atoms with van der Waals surface area (Å²) in [5, 5.41) is 10.6. The lowest BCUT2D eigenvalue weighted by Gasteiger charge is -2.17. The number of halogens is 2. The van der Waals surface area contributed by atoms with Gasteiger partial charge in [-0.15, -0.1) is 5.10 Å². The molecule has 31 heavy (non-hydrogen) atoms. The highest BCUT2D eigenvalue weighted by Gasteiger charge is 2.24. The van der Waals surface area contributed by atoms with E-state index in [0.29, 0.717) is 22.8 Å². The van der Waals surface area contributed by atoms with Crippen LogP contribution in [-0.2, 0) is 27.8 Å². The molecule has 1 aliphatic heterocycles. The molecule has 4 heterocycles.